The minimum atomic E-state index is -1.86. The maximum absolute atomic E-state index is 14.1. The van der Waals surface area contributed by atoms with E-state index in [1.165, 1.54) is 20.8 Å². The number of carbonyl (C=O) groups excluding carboxylic acids is 9. The van der Waals surface area contributed by atoms with E-state index in [-0.39, 0.29) is 51.2 Å². The molecule has 1 aliphatic rings. The summed E-state index contributed by atoms with van der Waals surface area (Å²) in [6.07, 6.45) is -1.29. The molecule has 29 heteroatoms. The van der Waals surface area contributed by atoms with Crippen molar-refractivity contribution < 1.29 is 98.7 Å². The highest BCUT2D eigenvalue weighted by molar-refractivity contribution is 5.98. The molecule has 5 unspecified atom stereocenters. The fraction of sp³-hybridized carbons (Fsp3) is 0.561. The lowest BCUT2D eigenvalue weighted by Crippen LogP contribution is -2.61. The standard InChI is InChI=1S/C41H61N9O20/c1-22(16-34(57)58)13-31(54)48(68)10-4-7-25-38(64)44-26(8-5-11-49(69)32(55)14-23(2)17-35(59)60)39(65)45-27(9-6-12-50(70)33(56)15-24(3)18-36(61)62)40(66)47-29(21-52)41(67)46-28(20-51)37(63)42-19-30(53)43-25/h13-15,25-29,51-52,68-70H,4-12,16-21H2,1-3H3,(H,42,63)(H,43,53)(H,44,64)(H,45,65)(H,46,67)(H,47,66)(H,57,58)(H,59,60)(H,61,62)/b22-13+,23-14+,24-15+. The average molecular weight is 1000 g/mol. The Hall–Kier alpha value is -7.34. The number of rotatable bonds is 23. The molecule has 390 valence electrons. The largest absolute Gasteiger partial charge is 0.481 e. The molecule has 1 heterocycles. The molecular formula is C41H61N9O20. The number of aliphatic hydroxyl groups is 2. The molecule has 0 radical (unpaired) electrons. The third-order valence-corrected chi connectivity index (χ3v) is 9.72. The van der Waals surface area contributed by atoms with E-state index in [9.17, 15) is 83.4 Å². The van der Waals surface area contributed by atoms with Crippen LogP contribution in [0.4, 0.5) is 0 Å². The summed E-state index contributed by atoms with van der Waals surface area (Å²) in [4.78, 5) is 152. The van der Waals surface area contributed by atoms with Crippen LogP contribution in [-0.2, 0) is 57.5 Å². The Morgan fingerprint density at radius 2 is 0.743 bits per heavy atom. The van der Waals surface area contributed by atoms with Gasteiger partial charge < -0.3 is 57.4 Å². The SMILES string of the molecule is C/C(=C\C(=O)N(O)CCCC1NC(=O)CNC(=O)C(CO)NC(=O)C(CO)NC(=O)C(CCCN(O)C(=O)/C=C(\C)CC(=O)O)NC(=O)C(CCCN(O)C(=O)/C=C(\C)CC(=O)O)NC1=O)CC(=O)O. The van der Waals surface area contributed by atoms with Crippen LogP contribution in [0.25, 0.3) is 0 Å². The van der Waals surface area contributed by atoms with Gasteiger partial charge >= 0.3 is 17.9 Å². The highest BCUT2D eigenvalue weighted by atomic mass is 16.5. The number of nitrogens with zero attached hydrogens (tertiary/aromatic N) is 3. The Morgan fingerprint density at radius 3 is 1.04 bits per heavy atom. The number of aliphatic carboxylic acids is 3. The van der Waals surface area contributed by atoms with E-state index >= 15 is 0 Å². The van der Waals surface area contributed by atoms with Gasteiger partial charge in [0.1, 0.15) is 30.2 Å². The van der Waals surface area contributed by atoms with Crippen molar-refractivity contribution in [3.8, 4) is 0 Å². The van der Waals surface area contributed by atoms with Crippen molar-refractivity contribution in [2.24, 2.45) is 0 Å². The Balaban J connectivity index is 3.72. The lowest BCUT2D eigenvalue weighted by Gasteiger charge is -2.28. The van der Waals surface area contributed by atoms with Crippen molar-refractivity contribution in [3.05, 3.63) is 34.9 Å². The van der Waals surface area contributed by atoms with Crippen molar-refractivity contribution in [1.29, 1.82) is 0 Å². The molecule has 1 fully saturated rings. The molecule has 0 spiro atoms. The number of hydroxylamine groups is 6. The first kappa shape index (κ1) is 60.7. The zero-order valence-electron chi connectivity index (χ0n) is 38.5. The predicted octanol–water partition coefficient (Wildman–Crippen LogP) is -4.22. The van der Waals surface area contributed by atoms with Gasteiger partial charge in [0, 0.05) is 37.9 Å². The van der Waals surface area contributed by atoms with Crippen LogP contribution in [0.5, 0.6) is 0 Å². The van der Waals surface area contributed by atoms with E-state index in [0.717, 1.165) is 18.2 Å². The molecule has 0 aromatic rings. The van der Waals surface area contributed by atoms with E-state index in [4.69, 9.17) is 15.3 Å². The lowest BCUT2D eigenvalue weighted by molar-refractivity contribution is -0.160. The zero-order chi connectivity index (χ0) is 53.2. The summed E-state index contributed by atoms with van der Waals surface area (Å²) in [5, 5.41) is 91.9. The maximum atomic E-state index is 14.1. The first-order valence-electron chi connectivity index (χ1n) is 21.5. The first-order chi connectivity index (χ1) is 32.8. The second-order valence-electron chi connectivity index (χ2n) is 15.9. The molecule has 1 rings (SSSR count). The molecule has 0 bridgehead atoms. The number of carbonyl (C=O) groups is 12. The fourth-order valence-electron chi connectivity index (χ4n) is 6.21. The van der Waals surface area contributed by atoms with Crippen LogP contribution in [0, 0.1) is 0 Å². The van der Waals surface area contributed by atoms with Crippen molar-refractivity contribution in [2.75, 3.05) is 39.4 Å². The van der Waals surface area contributed by atoms with Gasteiger partial charge in [0.15, 0.2) is 0 Å². The monoisotopic (exact) mass is 999 g/mol. The lowest BCUT2D eigenvalue weighted by atomic mass is 10.0. The number of carboxylic acids is 3. The van der Waals surface area contributed by atoms with Gasteiger partial charge in [0.05, 0.1) is 39.0 Å². The number of hydrogen-bond acceptors (Lipinski definition) is 17. The summed E-state index contributed by atoms with van der Waals surface area (Å²) in [6, 6.07) is -8.76. The zero-order valence-corrected chi connectivity index (χ0v) is 38.5. The summed E-state index contributed by atoms with van der Waals surface area (Å²) in [5.74, 6) is -13.8. The Morgan fingerprint density at radius 1 is 0.471 bits per heavy atom. The van der Waals surface area contributed by atoms with Crippen molar-refractivity contribution >= 4 is 71.1 Å². The van der Waals surface area contributed by atoms with Gasteiger partial charge in [-0.1, -0.05) is 16.7 Å². The van der Waals surface area contributed by atoms with E-state index < -0.39 is 179 Å². The van der Waals surface area contributed by atoms with Crippen LogP contribution in [0.3, 0.4) is 0 Å². The molecule has 0 aromatic carbocycles. The van der Waals surface area contributed by atoms with Crippen molar-refractivity contribution in [2.45, 2.75) is 109 Å². The van der Waals surface area contributed by atoms with Gasteiger partial charge in [-0.3, -0.25) is 73.2 Å². The van der Waals surface area contributed by atoms with E-state index in [2.05, 4.69) is 31.9 Å². The normalized spacial score (nSPS) is 20.2. The van der Waals surface area contributed by atoms with Gasteiger partial charge in [0.2, 0.25) is 35.4 Å². The summed E-state index contributed by atoms with van der Waals surface area (Å²) in [7, 11) is 0. The molecule has 5 atom stereocenters. The van der Waals surface area contributed by atoms with Crippen molar-refractivity contribution in [1.82, 2.24) is 47.1 Å². The molecule has 29 nitrogen and oxygen atoms in total. The topological polar surface area (TPSA) is 449 Å². The number of nitrogens with one attached hydrogen (secondary N) is 6. The van der Waals surface area contributed by atoms with Gasteiger partial charge in [-0.2, -0.15) is 0 Å². The van der Waals surface area contributed by atoms with Crippen molar-refractivity contribution in [3.63, 3.8) is 0 Å². The third-order valence-electron chi connectivity index (χ3n) is 9.72. The van der Waals surface area contributed by atoms with Crippen LogP contribution in [0.1, 0.15) is 78.6 Å². The molecule has 1 aliphatic heterocycles. The molecule has 0 aromatic heterocycles. The average Bonchev–Trinajstić information content (AvgIpc) is 3.26. The molecular weight excluding hydrogens is 938 g/mol. The minimum Gasteiger partial charge on any atom is -0.481 e. The Labute approximate surface area is 399 Å². The molecule has 1 saturated heterocycles. The van der Waals surface area contributed by atoms with Crippen LogP contribution in [0.2, 0.25) is 0 Å². The molecule has 9 amide bonds. The smallest absolute Gasteiger partial charge is 0.307 e. The Bertz CT molecular complexity index is 2040. The van der Waals surface area contributed by atoms with Gasteiger partial charge in [-0.25, -0.2) is 15.2 Å². The van der Waals surface area contributed by atoms with E-state index in [0.29, 0.717) is 0 Å². The molecule has 0 aliphatic carbocycles. The second-order valence-corrected chi connectivity index (χ2v) is 15.9. The number of amides is 9. The highest BCUT2D eigenvalue weighted by Gasteiger charge is 2.33. The number of hydrogen-bond donors (Lipinski definition) is 14. The van der Waals surface area contributed by atoms with Crippen LogP contribution < -0.4 is 31.9 Å². The van der Waals surface area contributed by atoms with Gasteiger partial charge in [-0.05, 0) is 59.3 Å². The highest BCUT2D eigenvalue weighted by Crippen LogP contribution is 2.10. The molecule has 0 saturated carbocycles. The predicted molar refractivity (Wildman–Crippen MR) is 233 cm³/mol. The summed E-state index contributed by atoms with van der Waals surface area (Å²) in [6.45, 7) is -0.721. The van der Waals surface area contributed by atoms with Crippen LogP contribution in [0.15, 0.2) is 34.9 Å². The number of aliphatic hydroxyl groups excluding tert-OH is 2. The Kier molecular flexibility index (Phi) is 26.8. The number of carboxylic acid groups (broad SMARTS) is 3. The first-order valence-corrected chi connectivity index (χ1v) is 21.5. The third kappa shape index (κ3) is 23.6. The van der Waals surface area contributed by atoms with Gasteiger partial charge in [0.25, 0.3) is 17.7 Å². The minimum absolute atomic E-state index is 0.0649. The fourth-order valence-corrected chi connectivity index (χ4v) is 6.21. The molecule has 70 heavy (non-hydrogen) atoms. The second kappa shape index (κ2) is 30.9. The van der Waals surface area contributed by atoms with E-state index in [1.807, 2.05) is 0 Å². The molecule has 14 N–H and O–H groups in total. The maximum Gasteiger partial charge on any atom is 0.307 e. The van der Waals surface area contributed by atoms with Gasteiger partial charge in [-0.15, -0.1) is 0 Å². The quantitative estimate of drug-likeness (QED) is 0.0262. The van der Waals surface area contributed by atoms with Crippen LogP contribution >= 0.6 is 0 Å². The van der Waals surface area contributed by atoms with E-state index in [1.54, 1.807) is 0 Å². The summed E-state index contributed by atoms with van der Waals surface area (Å²) < 4.78 is 0. The summed E-state index contributed by atoms with van der Waals surface area (Å²) in [5.41, 5.74) is 0.211. The summed E-state index contributed by atoms with van der Waals surface area (Å²) >= 11 is 0. The van der Waals surface area contributed by atoms with Crippen LogP contribution in [-0.4, -0.2) is 197 Å².